The number of aryl methyl sites for hydroxylation is 1. The molecule has 150 valence electrons. The van der Waals surface area contributed by atoms with Crippen molar-refractivity contribution in [3.05, 3.63) is 83.1 Å². The molecule has 1 N–H and O–H groups in total. The number of amides is 1. The Morgan fingerprint density at radius 3 is 2.55 bits per heavy atom. The number of nitrogens with zero attached hydrogens (tertiary/aromatic N) is 2. The molecule has 0 radical (unpaired) electrons. The van der Waals surface area contributed by atoms with Crippen molar-refractivity contribution in [3.8, 4) is 5.69 Å². The van der Waals surface area contributed by atoms with Gasteiger partial charge in [-0.05, 0) is 41.8 Å². The van der Waals surface area contributed by atoms with Gasteiger partial charge in [-0.2, -0.15) is 5.10 Å². The SMILES string of the molecule is COC(=O)CC(NC(=O)CCc1cnn(-c2ccccc2)c1)c1ccc(Cl)cc1. The second kappa shape index (κ2) is 9.89. The van der Waals surface area contributed by atoms with Gasteiger partial charge >= 0.3 is 5.97 Å². The Balaban J connectivity index is 1.60. The lowest BCUT2D eigenvalue weighted by Gasteiger charge is -2.18. The first kappa shape index (κ1) is 20.6. The van der Waals surface area contributed by atoms with E-state index in [9.17, 15) is 9.59 Å². The van der Waals surface area contributed by atoms with E-state index in [0.29, 0.717) is 11.4 Å². The summed E-state index contributed by atoms with van der Waals surface area (Å²) < 4.78 is 6.53. The molecule has 0 fully saturated rings. The molecule has 1 aromatic heterocycles. The number of para-hydroxylation sites is 1. The first-order chi connectivity index (χ1) is 14.0. The lowest BCUT2D eigenvalue weighted by molar-refractivity contribution is -0.141. The topological polar surface area (TPSA) is 73.2 Å². The van der Waals surface area contributed by atoms with Gasteiger partial charge in [0.15, 0.2) is 0 Å². The molecule has 0 saturated heterocycles. The molecule has 3 rings (SSSR count). The van der Waals surface area contributed by atoms with Crippen molar-refractivity contribution >= 4 is 23.5 Å². The summed E-state index contributed by atoms with van der Waals surface area (Å²) >= 11 is 5.93. The van der Waals surface area contributed by atoms with E-state index in [4.69, 9.17) is 16.3 Å². The molecule has 7 heteroatoms. The molecule has 0 aliphatic rings. The predicted octanol–water partition coefficient (Wildman–Crippen LogP) is 3.88. The van der Waals surface area contributed by atoms with Crippen LogP contribution >= 0.6 is 11.6 Å². The van der Waals surface area contributed by atoms with Gasteiger partial charge in [0.25, 0.3) is 0 Å². The molecular formula is C22H22ClN3O3. The molecule has 1 unspecified atom stereocenters. The van der Waals surface area contributed by atoms with E-state index in [-0.39, 0.29) is 18.7 Å². The van der Waals surface area contributed by atoms with Crippen molar-refractivity contribution in [2.45, 2.75) is 25.3 Å². The number of methoxy groups -OCH3 is 1. The van der Waals surface area contributed by atoms with Crippen LogP contribution in [-0.2, 0) is 20.7 Å². The number of aromatic nitrogens is 2. The molecule has 0 aliphatic heterocycles. The first-order valence-electron chi connectivity index (χ1n) is 9.26. The molecule has 1 amide bonds. The average Bonchev–Trinajstić information content (AvgIpc) is 3.22. The molecule has 0 bridgehead atoms. The standard InChI is InChI=1S/C22H22ClN3O3/c1-29-22(28)13-20(17-8-10-18(23)11-9-17)25-21(27)12-7-16-14-24-26(15-16)19-5-3-2-4-6-19/h2-6,8-11,14-15,20H,7,12-13H2,1H3,(H,25,27). The van der Waals surface area contributed by atoms with Gasteiger partial charge in [0.1, 0.15) is 0 Å². The van der Waals surface area contributed by atoms with Gasteiger partial charge < -0.3 is 10.1 Å². The zero-order chi connectivity index (χ0) is 20.6. The van der Waals surface area contributed by atoms with Crippen molar-refractivity contribution in [3.63, 3.8) is 0 Å². The minimum absolute atomic E-state index is 0.0514. The van der Waals surface area contributed by atoms with E-state index in [1.165, 1.54) is 7.11 Å². The summed E-state index contributed by atoms with van der Waals surface area (Å²) in [6.45, 7) is 0. The van der Waals surface area contributed by atoms with Crippen LogP contribution in [0.2, 0.25) is 5.02 Å². The summed E-state index contributed by atoms with van der Waals surface area (Å²) in [5, 5.41) is 7.85. The van der Waals surface area contributed by atoms with Gasteiger partial charge in [0.05, 0.1) is 31.5 Å². The highest BCUT2D eigenvalue weighted by Gasteiger charge is 2.19. The highest BCUT2D eigenvalue weighted by molar-refractivity contribution is 6.30. The maximum atomic E-state index is 12.5. The predicted molar refractivity (Wildman–Crippen MR) is 111 cm³/mol. The number of nitrogens with one attached hydrogen (secondary N) is 1. The van der Waals surface area contributed by atoms with E-state index in [0.717, 1.165) is 16.8 Å². The Morgan fingerprint density at radius 2 is 1.86 bits per heavy atom. The number of carbonyl (C=O) groups is 2. The van der Waals surface area contributed by atoms with Crippen LogP contribution in [0.25, 0.3) is 5.69 Å². The average molecular weight is 412 g/mol. The van der Waals surface area contributed by atoms with E-state index in [1.807, 2.05) is 36.5 Å². The summed E-state index contributed by atoms with van der Waals surface area (Å²) in [6.07, 6.45) is 4.55. The fourth-order valence-corrected chi connectivity index (χ4v) is 3.06. The maximum Gasteiger partial charge on any atom is 0.307 e. The minimum Gasteiger partial charge on any atom is -0.469 e. The molecule has 2 aromatic carbocycles. The molecule has 1 heterocycles. The monoisotopic (exact) mass is 411 g/mol. The zero-order valence-corrected chi connectivity index (χ0v) is 16.8. The van der Waals surface area contributed by atoms with Crippen LogP contribution in [0.1, 0.15) is 30.0 Å². The Hall–Kier alpha value is -3.12. The van der Waals surface area contributed by atoms with Crippen LogP contribution in [0.3, 0.4) is 0 Å². The third-order valence-electron chi connectivity index (χ3n) is 4.50. The minimum atomic E-state index is -0.473. The molecule has 0 saturated carbocycles. The fourth-order valence-electron chi connectivity index (χ4n) is 2.93. The van der Waals surface area contributed by atoms with E-state index in [2.05, 4.69) is 10.4 Å². The van der Waals surface area contributed by atoms with Crippen molar-refractivity contribution in [1.29, 1.82) is 0 Å². The molecule has 6 nitrogen and oxygen atoms in total. The summed E-state index contributed by atoms with van der Waals surface area (Å²) in [6, 6.07) is 16.3. The van der Waals surface area contributed by atoms with Crippen molar-refractivity contribution < 1.29 is 14.3 Å². The smallest absolute Gasteiger partial charge is 0.307 e. The summed E-state index contributed by atoms with van der Waals surface area (Å²) in [7, 11) is 1.33. The lowest BCUT2D eigenvalue weighted by atomic mass is 10.0. The third kappa shape index (κ3) is 5.93. The number of benzene rings is 2. The highest BCUT2D eigenvalue weighted by atomic mass is 35.5. The van der Waals surface area contributed by atoms with Gasteiger partial charge in [0.2, 0.25) is 5.91 Å². The largest absolute Gasteiger partial charge is 0.469 e. The number of esters is 1. The van der Waals surface area contributed by atoms with Gasteiger partial charge in [-0.25, -0.2) is 4.68 Å². The van der Waals surface area contributed by atoms with E-state index in [1.54, 1.807) is 35.1 Å². The Morgan fingerprint density at radius 1 is 1.14 bits per heavy atom. The molecule has 29 heavy (non-hydrogen) atoms. The number of rotatable bonds is 8. The second-order valence-electron chi connectivity index (χ2n) is 6.58. The van der Waals surface area contributed by atoms with Crippen molar-refractivity contribution in [2.24, 2.45) is 0 Å². The Labute approximate surface area is 174 Å². The summed E-state index contributed by atoms with van der Waals surface area (Å²) in [4.78, 5) is 24.2. The lowest BCUT2D eigenvalue weighted by Crippen LogP contribution is -2.30. The van der Waals surface area contributed by atoms with Crippen LogP contribution in [0.5, 0.6) is 0 Å². The van der Waals surface area contributed by atoms with E-state index < -0.39 is 12.0 Å². The van der Waals surface area contributed by atoms with Crippen LogP contribution in [0.15, 0.2) is 67.0 Å². The first-order valence-corrected chi connectivity index (χ1v) is 9.63. The number of hydrogen-bond donors (Lipinski definition) is 1. The summed E-state index contributed by atoms with van der Waals surface area (Å²) in [5.41, 5.74) is 2.72. The highest BCUT2D eigenvalue weighted by Crippen LogP contribution is 2.20. The van der Waals surface area contributed by atoms with Crippen LogP contribution in [0.4, 0.5) is 0 Å². The third-order valence-corrected chi connectivity index (χ3v) is 4.76. The van der Waals surface area contributed by atoms with Crippen LogP contribution in [0, 0.1) is 0 Å². The van der Waals surface area contributed by atoms with Crippen molar-refractivity contribution in [1.82, 2.24) is 15.1 Å². The number of ether oxygens (including phenoxy) is 1. The Bertz CT molecular complexity index is 955. The van der Waals surface area contributed by atoms with Crippen LogP contribution < -0.4 is 5.32 Å². The number of halogens is 1. The molecular weight excluding hydrogens is 390 g/mol. The number of carbonyl (C=O) groups excluding carboxylic acids is 2. The molecule has 0 aliphatic carbocycles. The maximum absolute atomic E-state index is 12.5. The summed E-state index contributed by atoms with van der Waals surface area (Å²) in [5.74, 6) is -0.546. The number of hydrogen-bond acceptors (Lipinski definition) is 4. The quantitative estimate of drug-likeness (QED) is 0.571. The molecule has 1 atom stereocenters. The van der Waals surface area contributed by atoms with Gasteiger partial charge in [0, 0.05) is 17.6 Å². The van der Waals surface area contributed by atoms with Gasteiger partial charge in [-0.15, -0.1) is 0 Å². The molecule has 0 spiro atoms. The normalized spacial score (nSPS) is 11.7. The van der Waals surface area contributed by atoms with Crippen LogP contribution in [-0.4, -0.2) is 28.8 Å². The molecule has 3 aromatic rings. The van der Waals surface area contributed by atoms with Crippen molar-refractivity contribution in [2.75, 3.05) is 7.11 Å². The van der Waals surface area contributed by atoms with Gasteiger partial charge in [-0.3, -0.25) is 9.59 Å². The van der Waals surface area contributed by atoms with E-state index >= 15 is 0 Å². The second-order valence-corrected chi connectivity index (χ2v) is 7.02. The Kier molecular flexibility index (Phi) is 7.03. The zero-order valence-electron chi connectivity index (χ0n) is 16.0. The van der Waals surface area contributed by atoms with Gasteiger partial charge in [-0.1, -0.05) is 41.9 Å². The fraction of sp³-hybridized carbons (Fsp3) is 0.227.